The number of hydrogen-bond donors (Lipinski definition) is 1. The van der Waals surface area contributed by atoms with E-state index < -0.39 is 29.0 Å². The van der Waals surface area contributed by atoms with Gasteiger partial charge in [0.2, 0.25) is 11.9 Å². The molecule has 1 saturated heterocycles. The van der Waals surface area contributed by atoms with Crippen LogP contribution in [0.4, 0.5) is 0 Å². The first-order chi connectivity index (χ1) is 6.65. The SMILES string of the molecule is O=C=C1OC(C(=O)O)C(=C=O)C1=C=O. The first-order valence-corrected chi connectivity index (χ1v) is 3.31. The number of carbonyl (C=O) groups is 1. The molecule has 0 aromatic heterocycles. The van der Waals surface area contributed by atoms with Crippen LogP contribution in [0.15, 0.2) is 16.9 Å². The van der Waals surface area contributed by atoms with E-state index in [-0.39, 0.29) is 0 Å². The van der Waals surface area contributed by atoms with Crippen LogP contribution in [0.25, 0.3) is 0 Å². The van der Waals surface area contributed by atoms with Crippen LogP contribution in [0.3, 0.4) is 0 Å². The summed E-state index contributed by atoms with van der Waals surface area (Å²) in [5.74, 6) is 1.52. The van der Waals surface area contributed by atoms with Crippen molar-refractivity contribution in [1.29, 1.82) is 0 Å². The molecule has 0 aromatic rings. The van der Waals surface area contributed by atoms with E-state index in [4.69, 9.17) is 5.11 Å². The predicted octanol–water partition coefficient (Wildman–Crippen LogP) is -1.30. The van der Waals surface area contributed by atoms with Crippen LogP contribution >= 0.6 is 0 Å². The highest BCUT2D eigenvalue weighted by molar-refractivity contribution is 5.92. The van der Waals surface area contributed by atoms with Crippen LogP contribution in [0.2, 0.25) is 0 Å². The molecule has 0 bridgehead atoms. The number of rotatable bonds is 1. The van der Waals surface area contributed by atoms with Crippen molar-refractivity contribution in [3.8, 4) is 0 Å². The minimum atomic E-state index is -1.68. The molecule has 0 spiro atoms. The summed E-state index contributed by atoms with van der Waals surface area (Å²) in [6.07, 6.45) is -1.68. The van der Waals surface area contributed by atoms with Gasteiger partial charge in [-0.2, -0.15) is 0 Å². The van der Waals surface area contributed by atoms with Crippen molar-refractivity contribution in [2.75, 3.05) is 0 Å². The molecule has 0 aliphatic carbocycles. The summed E-state index contributed by atoms with van der Waals surface area (Å²) >= 11 is 0. The van der Waals surface area contributed by atoms with Gasteiger partial charge in [-0.25, -0.2) is 19.2 Å². The second-order valence-electron chi connectivity index (χ2n) is 2.26. The number of hydrogen-bond acceptors (Lipinski definition) is 5. The van der Waals surface area contributed by atoms with Crippen molar-refractivity contribution >= 4 is 23.8 Å². The standard InChI is InChI=1S/C8H2O6/c9-1-4-5(2-10)7(8(12)13)14-6(4)3-11/h7H,(H,12,13). The van der Waals surface area contributed by atoms with E-state index in [2.05, 4.69) is 4.74 Å². The van der Waals surface area contributed by atoms with Gasteiger partial charge in [0.05, 0.1) is 0 Å². The van der Waals surface area contributed by atoms with Gasteiger partial charge in [-0.05, 0) is 0 Å². The Morgan fingerprint density at radius 1 is 1.21 bits per heavy atom. The van der Waals surface area contributed by atoms with Crippen LogP contribution in [-0.4, -0.2) is 35.0 Å². The molecule has 70 valence electrons. The van der Waals surface area contributed by atoms with Crippen molar-refractivity contribution in [2.45, 2.75) is 6.10 Å². The monoisotopic (exact) mass is 194 g/mol. The number of carbonyl (C=O) groups excluding carboxylic acids is 3. The van der Waals surface area contributed by atoms with Gasteiger partial charge in [-0.3, -0.25) is 0 Å². The second-order valence-corrected chi connectivity index (χ2v) is 2.26. The van der Waals surface area contributed by atoms with Gasteiger partial charge in [0.15, 0.2) is 5.94 Å². The van der Waals surface area contributed by atoms with Crippen molar-refractivity contribution in [2.24, 2.45) is 0 Å². The van der Waals surface area contributed by atoms with Gasteiger partial charge in [0.1, 0.15) is 23.0 Å². The topological polar surface area (TPSA) is 97.7 Å². The van der Waals surface area contributed by atoms with Crippen LogP contribution in [0, 0.1) is 0 Å². The molecular formula is C8H2O6. The molecule has 0 aromatic carbocycles. The average molecular weight is 194 g/mol. The Morgan fingerprint density at radius 2 is 1.86 bits per heavy atom. The van der Waals surface area contributed by atoms with Gasteiger partial charge < -0.3 is 9.84 Å². The zero-order valence-electron chi connectivity index (χ0n) is 6.57. The maximum Gasteiger partial charge on any atom is 0.350 e. The fourth-order valence-corrected chi connectivity index (χ4v) is 0.944. The largest absolute Gasteiger partial charge is 0.478 e. The van der Waals surface area contributed by atoms with Gasteiger partial charge in [-0.15, -0.1) is 0 Å². The van der Waals surface area contributed by atoms with E-state index in [1.54, 1.807) is 0 Å². The summed E-state index contributed by atoms with van der Waals surface area (Å²) in [4.78, 5) is 41.3. The summed E-state index contributed by atoms with van der Waals surface area (Å²) in [5.41, 5.74) is -1.09. The molecule has 6 heteroatoms. The highest BCUT2D eigenvalue weighted by Gasteiger charge is 2.40. The molecule has 1 rings (SSSR count). The first-order valence-electron chi connectivity index (χ1n) is 3.31. The third-order valence-electron chi connectivity index (χ3n) is 1.52. The summed E-state index contributed by atoms with van der Waals surface area (Å²) in [5, 5.41) is 8.53. The van der Waals surface area contributed by atoms with Crippen LogP contribution in [0.1, 0.15) is 0 Å². The number of allylic oxidation sites excluding steroid dienone is 1. The van der Waals surface area contributed by atoms with Crippen molar-refractivity contribution in [3.63, 3.8) is 0 Å². The smallest absolute Gasteiger partial charge is 0.350 e. The molecule has 0 amide bonds. The molecule has 1 fully saturated rings. The Morgan fingerprint density at radius 3 is 2.21 bits per heavy atom. The van der Waals surface area contributed by atoms with Crippen molar-refractivity contribution in [3.05, 3.63) is 16.9 Å². The molecule has 1 unspecified atom stereocenters. The quantitative estimate of drug-likeness (QED) is 0.521. The number of carboxylic acids is 1. The van der Waals surface area contributed by atoms with E-state index in [0.29, 0.717) is 0 Å². The maximum atomic E-state index is 10.5. The molecule has 14 heavy (non-hydrogen) atoms. The Bertz CT molecular complexity index is 440. The number of ether oxygens (including phenoxy) is 1. The molecule has 1 atom stereocenters. The molecule has 1 aliphatic heterocycles. The third kappa shape index (κ3) is 1.28. The lowest BCUT2D eigenvalue weighted by Gasteiger charge is -2.00. The van der Waals surface area contributed by atoms with E-state index in [1.165, 1.54) is 17.8 Å². The predicted molar refractivity (Wildman–Crippen MR) is 40.1 cm³/mol. The molecule has 0 saturated carbocycles. The minimum absolute atomic E-state index is 0.539. The lowest BCUT2D eigenvalue weighted by molar-refractivity contribution is -0.144. The van der Waals surface area contributed by atoms with E-state index >= 15 is 0 Å². The minimum Gasteiger partial charge on any atom is -0.478 e. The molecular weight excluding hydrogens is 192 g/mol. The Hall–Kier alpha value is -2.38. The summed E-state index contributed by atoms with van der Waals surface area (Å²) in [7, 11) is 0. The number of carboxylic acid groups (broad SMARTS) is 1. The highest BCUT2D eigenvalue weighted by atomic mass is 16.5. The lowest BCUT2D eigenvalue weighted by atomic mass is 10.1. The maximum absolute atomic E-state index is 10.5. The highest BCUT2D eigenvalue weighted by Crippen LogP contribution is 2.29. The number of aliphatic carboxylic acids is 1. The Kier molecular flexibility index (Phi) is 2.47. The van der Waals surface area contributed by atoms with E-state index in [9.17, 15) is 19.2 Å². The lowest BCUT2D eigenvalue weighted by Crippen LogP contribution is -2.20. The zero-order chi connectivity index (χ0) is 10.7. The summed E-state index contributed by atoms with van der Waals surface area (Å²) in [6, 6.07) is 0. The fraction of sp³-hybridized carbons (Fsp3) is 0.125. The normalized spacial score (nSPS) is 19.4. The first kappa shape index (κ1) is 9.71. The van der Waals surface area contributed by atoms with Crippen molar-refractivity contribution in [1.82, 2.24) is 0 Å². The van der Waals surface area contributed by atoms with Crippen LogP contribution in [-0.2, 0) is 23.9 Å². The fourth-order valence-electron chi connectivity index (χ4n) is 0.944. The molecule has 1 aliphatic rings. The van der Waals surface area contributed by atoms with Gasteiger partial charge in [-0.1, -0.05) is 0 Å². The Balaban J connectivity index is 3.37. The van der Waals surface area contributed by atoms with Crippen LogP contribution in [0.5, 0.6) is 0 Å². The molecule has 6 nitrogen and oxygen atoms in total. The molecule has 0 radical (unpaired) electrons. The van der Waals surface area contributed by atoms with Gasteiger partial charge in [0.25, 0.3) is 0 Å². The third-order valence-corrected chi connectivity index (χ3v) is 1.52. The van der Waals surface area contributed by atoms with Gasteiger partial charge >= 0.3 is 5.97 Å². The average Bonchev–Trinajstić information content (AvgIpc) is 2.54. The van der Waals surface area contributed by atoms with E-state index in [1.807, 2.05) is 0 Å². The molecule has 1 heterocycles. The summed E-state index contributed by atoms with van der Waals surface area (Å²) < 4.78 is 4.47. The zero-order valence-corrected chi connectivity index (χ0v) is 6.57. The van der Waals surface area contributed by atoms with Gasteiger partial charge in [0, 0.05) is 0 Å². The molecule has 1 N–H and O–H groups in total. The second kappa shape index (κ2) is 3.56. The van der Waals surface area contributed by atoms with Crippen LogP contribution < -0.4 is 0 Å². The Labute approximate surface area is 76.8 Å². The summed E-state index contributed by atoms with van der Waals surface area (Å²) in [6.45, 7) is 0. The van der Waals surface area contributed by atoms with Crippen molar-refractivity contribution < 1.29 is 29.0 Å². The van der Waals surface area contributed by atoms with E-state index in [0.717, 1.165) is 0 Å².